The highest BCUT2D eigenvalue weighted by Crippen LogP contribution is 2.15. The zero-order valence-electron chi connectivity index (χ0n) is 9.03. The molecular weight excluding hydrogens is 214 g/mol. The molecule has 0 bridgehead atoms. The van der Waals surface area contributed by atoms with Gasteiger partial charge in [-0.1, -0.05) is 25.4 Å². The van der Waals surface area contributed by atoms with Crippen molar-refractivity contribution in [2.75, 3.05) is 0 Å². The Morgan fingerprint density at radius 3 is 2.67 bits per heavy atom. The van der Waals surface area contributed by atoms with Gasteiger partial charge in [-0.3, -0.25) is 0 Å². The van der Waals surface area contributed by atoms with Crippen molar-refractivity contribution in [3.05, 3.63) is 29.0 Å². The third-order valence-corrected chi connectivity index (χ3v) is 2.51. The molecule has 1 unspecified atom stereocenters. The number of pyridine rings is 1. The Kier molecular flexibility index (Phi) is 4.09. The quantitative estimate of drug-likeness (QED) is 0.589. The van der Waals surface area contributed by atoms with E-state index in [4.69, 9.17) is 16.3 Å². The standard InChI is InChI=1S/C11H14ClNO2/c1-7(2)8(3)15-11(14)9-5-4-6-13-10(9)12/h4-8H,1-3H3. The summed E-state index contributed by atoms with van der Waals surface area (Å²) in [5, 5.41) is 0.179. The van der Waals surface area contributed by atoms with Gasteiger partial charge in [-0.05, 0) is 25.0 Å². The highest BCUT2D eigenvalue weighted by molar-refractivity contribution is 6.32. The fraction of sp³-hybridized carbons (Fsp3) is 0.455. The summed E-state index contributed by atoms with van der Waals surface area (Å²) in [6.45, 7) is 5.83. The Labute approximate surface area is 94.4 Å². The second kappa shape index (κ2) is 5.12. The molecule has 1 aromatic heterocycles. The van der Waals surface area contributed by atoms with E-state index in [1.54, 1.807) is 12.1 Å². The van der Waals surface area contributed by atoms with Crippen LogP contribution in [0, 0.1) is 5.92 Å². The molecule has 0 spiro atoms. The minimum atomic E-state index is -0.422. The molecule has 0 amide bonds. The van der Waals surface area contributed by atoms with E-state index >= 15 is 0 Å². The van der Waals surface area contributed by atoms with Crippen molar-refractivity contribution in [1.82, 2.24) is 4.98 Å². The number of carbonyl (C=O) groups excluding carboxylic acids is 1. The zero-order chi connectivity index (χ0) is 11.4. The average molecular weight is 228 g/mol. The molecule has 0 saturated heterocycles. The molecule has 3 nitrogen and oxygen atoms in total. The van der Waals surface area contributed by atoms with Gasteiger partial charge in [0.25, 0.3) is 0 Å². The van der Waals surface area contributed by atoms with Crippen molar-refractivity contribution in [3.8, 4) is 0 Å². The first kappa shape index (κ1) is 12.0. The number of rotatable bonds is 3. The van der Waals surface area contributed by atoms with Crippen molar-refractivity contribution >= 4 is 17.6 Å². The second-order valence-electron chi connectivity index (χ2n) is 3.70. The molecule has 1 rings (SSSR count). The molecule has 0 aliphatic heterocycles. The van der Waals surface area contributed by atoms with Crippen LogP contribution in [-0.2, 0) is 4.74 Å². The van der Waals surface area contributed by atoms with Gasteiger partial charge in [0.2, 0.25) is 0 Å². The lowest BCUT2D eigenvalue weighted by molar-refractivity contribution is 0.0238. The third-order valence-electron chi connectivity index (χ3n) is 2.21. The first-order chi connectivity index (χ1) is 7.02. The summed E-state index contributed by atoms with van der Waals surface area (Å²) in [4.78, 5) is 15.5. The number of ether oxygens (including phenoxy) is 1. The number of nitrogens with zero attached hydrogens (tertiary/aromatic N) is 1. The fourth-order valence-corrected chi connectivity index (χ4v) is 1.10. The van der Waals surface area contributed by atoms with Crippen LogP contribution in [-0.4, -0.2) is 17.1 Å². The summed E-state index contributed by atoms with van der Waals surface area (Å²) in [5.41, 5.74) is 0.312. The van der Waals surface area contributed by atoms with Crippen LogP contribution in [0.2, 0.25) is 5.15 Å². The van der Waals surface area contributed by atoms with Gasteiger partial charge in [-0.15, -0.1) is 0 Å². The van der Waals surface area contributed by atoms with Crippen molar-refractivity contribution in [1.29, 1.82) is 0 Å². The minimum absolute atomic E-state index is 0.131. The largest absolute Gasteiger partial charge is 0.459 e. The van der Waals surface area contributed by atoms with Crippen LogP contribution in [0.5, 0.6) is 0 Å². The number of hydrogen-bond donors (Lipinski definition) is 0. The van der Waals surface area contributed by atoms with Crippen LogP contribution >= 0.6 is 11.6 Å². The van der Waals surface area contributed by atoms with E-state index < -0.39 is 5.97 Å². The van der Waals surface area contributed by atoms with E-state index in [1.807, 2.05) is 20.8 Å². The fourth-order valence-electron chi connectivity index (χ4n) is 0.907. The first-order valence-electron chi connectivity index (χ1n) is 4.84. The van der Waals surface area contributed by atoms with Crippen molar-refractivity contribution < 1.29 is 9.53 Å². The number of aromatic nitrogens is 1. The Balaban J connectivity index is 2.74. The summed E-state index contributed by atoms with van der Waals surface area (Å²) in [6.07, 6.45) is 1.40. The van der Waals surface area contributed by atoms with Gasteiger partial charge in [0, 0.05) is 6.20 Å². The van der Waals surface area contributed by atoms with E-state index in [1.165, 1.54) is 6.20 Å². The molecule has 0 saturated carbocycles. The highest BCUT2D eigenvalue weighted by Gasteiger charge is 2.17. The van der Waals surface area contributed by atoms with Gasteiger partial charge in [-0.25, -0.2) is 9.78 Å². The summed E-state index contributed by atoms with van der Waals surface area (Å²) in [7, 11) is 0. The van der Waals surface area contributed by atoms with E-state index in [2.05, 4.69) is 4.98 Å². The topological polar surface area (TPSA) is 39.2 Å². The second-order valence-corrected chi connectivity index (χ2v) is 4.05. The monoisotopic (exact) mass is 227 g/mol. The Hall–Kier alpha value is -1.09. The van der Waals surface area contributed by atoms with Gasteiger partial charge < -0.3 is 4.74 Å². The number of hydrogen-bond acceptors (Lipinski definition) is 3. The number of esters is 1. The van der Waals surface area contributed by atoms with Crippen LogP contribution in [0.15, 0.2) is 18.3 Å². The van der Waals surface area contributed by atoms with Crippen LogP contribution in [0.4, 0.5) is 0 Å². The van der Waals surface area contributed by atoms with Gasteiger partial charge in [0.1, 0.15) is 11.3 Å². The van der Waals surface area contributed by atoms with Crippen molar-refractivity contribution in [2.45, 2.75) is 26.9 Å². The van der Waals surface area contributed by atoms with Crippen LogP contribution in [0.25, 0.3) is 0 Å². The van der Waals surface area contributed by atoms with E-state index in [0.717, 1.165) is 0 Å². The smallest absolute Gasteiger partial charge is 0.341 e. The van der Waals surface area contributed by atoms with Gasteiger partial charge in [0.05, 0.1) is 5.56 Å². The molecule has 0 N–H and O–H groups in total. The molecular formula is C11H14ClNO2. The molecule has 1 heterocycles. The SMILES string of the molecule is CC(C)C(C)OC(=O)c1cccnc1Cl. The van der Waals surface area contributed by atoms with E-state index in [9.17, 15) is 4.79 Å². The van der Waals surface area contributed by atoms with Crippen LogP contribution in [0.1, 0.15) is 31.1 Å². The summed E-state index contributed by atoms with van der Waals surface area (Å²) < 4.78 is 5.22. The molecule has 1 atom stereocenters. The van der Waals surface area contributed by atoms with Crippen LogP contribution < -0.4 is 0 Å². The van der Waals surface area contributed by atoms with Crippen molar-refractivity contribution in [3.63, 3.8) is 0 Å². The lowest BCUT2D eigenvalue weighted by Gasteiger charge is -2.16. The Bertz CT molecular complexity index is 352. The number of carbonyl (C=O) groups is 1. The minimum Gasteiger partial charge on any atom is -0.459 e. The Morgan fingerprint density at radius 2 is 2.13 bits per heavy atom. The molecule has 0 aromatic carbocycles. The Morgan fingerprint density at radius 1 is 1.47 bits per heavy atom. The average Bonchev–Trinajstić information content (AvgIpc) is 2.18. The predicted octanol–water partition coefficient (Wildman–Crippen LogP) is 2.94. The summed E-state index contributed by atoms with van der Waals surface area (Å²) in [6, 6.07) is 3.26. The maximum Gasteiger partial charge on any atom is 0.341 e. The molecule has 15 heavy (non-hydrogen) atoms. The highest BCUT2D eigenvalue weighted by atomic mass is 35.5. The third kappa shape index (κ3) is 3.20. The summed E-state index contributed by atoms with van der Waals surface area (Å²) in [5.74, 6) is -0.140. The number of halogens is 1. The van der Waals surface area contributed by atoms with E-state index in [-0.39, 0.29) is 17.2 Å². The molecule has 0 aliphatic carbocycles. The van der Waals surface area contributed by atoms with Crippen LogP contribution in [0.3, 0.4) is 0 Å². The summed E-state index contributed by atoms with van der Waals surface area (Å²) >= 11 is 5.77. The maximum absolute atomic E-state index is 11.6. The zero-order valence-corrected chi connectivity index (χ0v) is 9.78. The van der Waals surface area contributed by atoms with E-state index in [0.29, 0.717) is 5.56 Å². The lowest BCUT2D eigenvalue weighted by Crippen LogP contribution is -2.20. The molecule has 1 aromatic rings. The molecule has 0 radical (unpaired) electrons. The van der Waals surface area contributed by atoms with Gasteiger partial charge in [0.15, 0.2) is 0 Å². The molecule has 4 heteroatoms. The molecule has 82 valence electrons. The predicted molar refractivity (Wildman–Crippen MR) is 59.0 cm³/mol. The molecule has 0 aliphatic rings. The molecule has 0 fully saturated rings. The van der Waals surface area contributed by atoms with Crippen molar-refractivity contribution in [2.24, 2.45) is 5.92 Å². The normalized spacial score (nSPS) is 12.6. The van der Waals surface area contributed by atoms with Gasteiger partial charge >= 0.3 is 5.97 Å². The van der Waals surface area contributed by atoms with Gasteiger partial charge in [-0.2, -0.15) is 0 Å². The maximum atomic E-state index is 11.6. The lowest BCUT2D eigenvalue weighted by atomic mass is 10.1. The first-order valence-corrected chi connectivity index (χ1v) is 5.21.